The van der Waals surface area contributed by atoms with E-state index in [1.807, 2.05) is 0 Å². The molecule has 0 amide bonds. The molecule has 2 aliphatic heterocycles. The molecule has 0 N–H and O–H groups in total. The largest absolute Gasteiger partial charge is 0.377 e. The number of hydrogen-bond donors (Lipinski definition) is 0. The molecule has 2 heterocycles. The average molecular weight is 200 g/mol. The summed E-state index contributed by atoms with van der Waals surface area (Å²) in [5.41, 5.74) is 0. The Balaban J connectivity index is 1.88. The summed E-state index contributed by atoms with van der Waals surface area (Å²) in [6.07, 6.45) is 0.276. The van der Waals surface area contributed by atoms with Crippen LogP contribution in [0.5, 0.6) is 0 Å². The van der Waals surface area contributed by atoms with Crippen LogP contribution in [0.15, 0.2) is 0 Å². The van der Waals surface area contributed by atoms with Gasteiger partial charge in [0, 0.05) is 33.3 Å². The Morgan fingerprint density at radius 1 is 1.14 bits per heavy atom. The SMILES string of the molecule is COC1COCC1N1CCN(C)CC1. The van der Waals surface area contributed by atoms with E-state index in [2.05, 4.69) is 16.8 Å². The van der Waals surface area contributed by atoms with Crippen molar-refractivity contribution in [3.05, 3.63) is 0 Å². The van der Waals surface area contributed by atoms with Crippen molar-refractivity contribution in [1.82, 2.24) is 9.80 Å². The minimum Gasteiger partial charge on any atom is -0.377 e. The van der Waals surface area contributed by atoms with Crippen LogP contribution in [0.1, 0.15) is 0 Å². The second kappa shape index (κ2) is 4.57. The number of hydrogen-bond acceptors (Lipinski definition) is 4. The van der Waals surface area contributed by atoms with E-state index < -0.39 is 0 Å². The third-order valence-electron chi connectivity index (χ3n) is 3.31. The summed E-state index contributed by atoms with van der Waals surface area (Å²) in [4.78, 5) is 4.87. The van der Waals surface area contributed by atoms with Gasteiger partial charge >= 0.3 is 0 Å². The monoisotopic (exact) mass is 200 g/mol. The number of ether oxygens (including phenoxy) is 2. The van der Waals surface area contributed by atoms with Gasteiger partial charge in [0.05, 0.1) is 25.4 Å². The molecule has 82 valence electrons. The molecule has 0 aromatic carbocycles. The lowest BCUT2D eigenvalue weighted by atomic mass is 10.1. The molecule has 14 heavy (non-hydrogen) atoms. The van der Waals surface area contributed by atoms with Crippen molar-refractivity contribution in [2.75, 3.05) is 53.6 Å². The van der Waals surface area contributed by atoms with Crippen LogP contribution in [0.4, 0.5) is 0 Å². The highest BCUT2D eigenvalue weighted by atomic mass is 16.5. The molecular formula is C10H20N2O2. The molecule has 2 saturated heterocycles. The average Bonchev–Trinajstić information content (AvgIpc) is 2.67. The number of nitrogens with zero attached hydrogens (tertiary/aromatic N) is 2. The molecule has 4 heteroatoms. The molecule has 2 rings (SSSR count). The zero-order valence-electron chi connectivity index (χ0n) is 9.11. The summed E-state index contributed by atoms with van der Waals surface area (Å²) < 4.78 is 10.9. The highest BCUT2D eigenvalue weighted by Crippen LogP contribution is 2.17. The molecule has 2 unspecified atom stereocenters. The first kappa shape index (κ1) is 10.4. The van der Waals surface area contributed by atoms with Crippen LogP contribution in [-0.4, -0.2) is 75.5 Å². The van der Waals surface area contributed by atoms with Crippen molar-refractivity contribution in [2.45, 2.75) is 12.1 Å². The number of piperazine rings is 1. The molecule has 0 aromatic heterocycles. The summed E-state index contributed by atoms with van der Waals surface area (Å²) in [5, 5.41) is 0. The van der Waals surface area contributed by atoms with Gasteiger partial charge in [-0.3, -0.25) is 4.90 Å². The lowest BCUT2D eigenvalue weighted by Crippen LogP contribution is -2.52. The highest BCUT2D eigenvalue weighted by molar-refractivity contribution is 4.87. The number of methoxy groups -OCH3 is 1. The standard InChI is InChI=1S/C10H20N2O2/c1-11-3-5-12(6-4-11)9-7-14-8-10(9)13-2/h9-10H,3-8H2,1-2H3. The summed E-state index contributed by atoms with van der Waals surface area (Å²) >= 11 is 0. The summed E-state index contributed by atoms with van der Waals surface area (Å²) in [6.45, 7) is 6.20. The molecular weight excluding hydrogens is 180 g/mol. The molecule has 0 bridgehead atoms. The fraction of sp³-hybridized carbons (Fsp3) is 1.00. The minimum atomic E-state index is 0.276. The van der Waals surface area contributed by atoms with Crippen LogP contribution in [0.25, 0.3) is 0 Å². The van der Waals surface area contributed by atoms with Gasteiger partial charge < -0.3 is 14.4 Å². The van der Waals surface area contributed by atoms with Crippen LogP contribution in [0.3, 0.4) is 0 Å². The number of likely N-dealkylation sites (N-methyl/N-ethyl adjacent to an activating group) is 1. The highest BCUT2D eigenvalue weighted by Gasteiger charge is 2.34. The lowest BCUT2D eigenvalue weighted by Gasteiger charge is -2.37. The van der Waals surface area contributed by atoms with Gasteiger partial charge in [0.15, 0.2) is 0 Å². The van der Waals surface area contributed by atoms with Crippen molar-refractivity contribution in [3.8, 4) is 0 Å². The summed E-state index contributed by atoms with van der Waals surface area (Å²) in [6, 6.07) is 0.480. The summed E-state index contributed by atoms with van der Waals surface area (Å²) in [5.74, 6) is 0. The van der Waals surface area contributed by atoms with E-state index in [9.17, 15) is 0 Å². The van der Waals surface area contributed by atoms with E-state index in [1.54, 1.807) is 7.11 Å². The molecule has 2 atom stereocenters. The molecule has 0 radical (unpaired) electrons. The zero-order valence-corrected chi connectivity index (χ0v) is 9.11. The van der Waals surface area contributed by atoms with Gasteiger partial charge in [-0.15, -0.1) is 0 Å². The maximum atomic E-state index is 5.46. The van der Waals surface area contributed by atoms with Gasteiger partial charge in [0.25, 0.3) is 0 Å². The lowest BCUT2D eigenvalue weighted by molar-refractivity contribution is 0.0234. The van der Waals surface area contributed by atoms with Gasteiger partial charge in [-0.2, -0.15) is 0 Å². The van der Waals surface area contributed by atoms with E-state index in [0.29, 0.717) is 6.04 Å². The second-order valence-corrected chi connectivity index (χ2v) is 4.22. The Labute approximate surface area is 85.8 Å². The molecule has 4 nitrogen and oxygen atoms in total. The quantitative estimate of drug-likeness (QED) is 0.608. The summed E-state index contributed by atoms with van der Waals surface area (Å²) in [7, 11) is 3.96. The molecule has 0 spiro atoms. The smallest absolute Gasteiger partial charge is 0.0981 e. The van der Waals surface area contributed by atoms with E-state index in [4.69, 9.17) is 9.47 Å². The molecule has 2 fully saturated rings. The van der Waals surface area contributed by atoms with Gasteiger partial charge in [-0.25, -0.2) is 0 Å². The van der Waals surface area contributed by atoms with Gasteiger partial charge in [-0.1, -0.05) is 0 Å². The van der Waals surface area contributed by atoms with Crippen LogP contribution in [-0.2, 0) is 9.47 Å². The zero-order chi connectivity index (χ0) is 9.97. The van der Waals surface area contributed by atoms with Crippen molar-refractivity contribution in [1.29, 1.82) is 0 Å². The number of rotatable bonds is 2. The third-order valence-corrected chi connectivity index (χ3v) is 3.31. The van der Waals surface area contributed by atoms with E-state index in [0.717, 1.165) is 39.4 Å². The maximum absolute atomic E-state index is 5.46. The molecule has 0 aliphatic carbocycles. The first-order valence-electron chi connectivity index (χ1n) is 5.34. The topological polar surface area (TPSA) is 24.9 Å². The van der Waals surface area contributed by atoms with Crippen LogP contribution >= 0.6 is 0 Å². The Hall–Kier alpha value is -0.160. The van der Waals surface area contributed by atoms with Crippen LogP contribution < -0.4 is 0 Å². The minimum absolute atomic E-state index is 0.276. The van der Waals surface area contributed by atoms with Gasteiger partial charge in [-0.05, 0) is 7.05 Å². The van der Waals surface area contributed by atoms with Gasteiger partial charge in [0.2, 0.25) is 0 Å². The Morgan fingerprint density at radius 3 is 2.50 bits per heavy atom. The normalized spacial score (nSPS) is 36.4. The Morgan fingerprint density at radius 2 is 1.86 bits per heavy atom. The van der Waals surface area contributed by atoms with Crippen molar-refractivity contribution in [3.63, 3.8) is 0 Å². The predicted octanol–water partition coefficient (Wildman–Crippen LogP) is -0.352. The van der Waals surface area contributed by atoms with Crippen LogP contribution in [0.2, 0.25) is 0 Å². The van der Waals surface area contributed by atoms with Crippen molar-refractivity contribution >= 4 is 0 Å². The van der Waals surface area contributed by atoms with E-state index in [-0.39, 0.29) is 6.10 Å². The van der Waals surface area contributed by atoms with E-state index >= 15 is 0 Å². The fourth-order valence-electron chi connectivity index (χ4n) is 2.24. The Kier molecular flexibility index (Phi) is 3.38. The Bertz CT molecular complexity index is 181. The molecule has 0 saturated carbocycles. The second-order valence-electron chi connectivity index (χ2n) is 4.22. The first-order valence-corrected chi connectivity index (χ1v) is 5.34. The maximum Gasteiger partial charge on any atom is 0.0981 e. The van der Waals surface area contributed by atoms with Crippen LogP contribution in [0, 0.1) is 0 Å². The first-order chi connectivity index (χ1) is 6.81. The van der Waals surface area contributed by atoms with E-state index in [1.165, 1.54) is 0 Å². The molecule has 2 aliphatic rings. The van der Waals surface area contributed by atoms with Crippen molar-refractivity contribution < 1.29 is 9.47 Å². The van der Waals surface area contributed by atoms with Crippen molar-refractivity contribution in [2.24, 2.45) is 0 Å². The predicted molar refractivity (Wildman–Crippen MR) is 54.5 cm³/mol. The third kappa shape index (κ3) is 2.08. The fourth-order valence-corrected chi connectivity index (χ4v) is 2.24. The molecule has 0 aromatic rings. The van der Waals surface area contributed by atoms with Gasteiger partial charge in [0.1, 0.15) is 0 Å².